The van der Waals surface area contributed by atoms with Crippen molar-refractivity contribution in [3.63, 3.8) is 0 Å². The lowest BCUT2D eigenvalue weighted by Crippen LogP contribution is -2.50. The molecule has 1 aliphatic heterocycles. The molecular formula is C15H18N2O2S. The van der Waals surface area contributed by atoms with Gasteiger partial charge in [0.2, 0.25) is 5.91 Å². The molecule has 1 aliphatic rings. The molecule has 0 spiro atoms. The fraction of sp³-hybridized carbons (Fsp3) is 0.467. The number of methoxy groups -OCH3 is 1. The van der Waals surface area contributed by atoms with Crippen LogP contribution in [0.4, 0.5) is 0 Å². The molecule has 5 heteroatoms. The first-order valence-electron chi connectivity index (χ1n) is 6.61. The molecule has 0 atom stereocenters. The molecule has 0 aromatic heterocycles. The van der Waals surface area contributed by atoms with Crippen molar-refractivity contribution in [2.45, 2.75) is 24.8 Å². The highest BCUT2D eigenvalue weighted by Gasteiger charge is 2.33. The molecule has 0 unspecified atom stereocenters. The Kier molecular flexibility index (Phi) is 4.91. The Balaban J connectivity index is 2.03. The van der Waals surface area contributed by atoms with Gasteiger partial charge in [0.25, 0.3) is 0 Å². The van der Waals surface area contributed by atoms with Crippen molar-refractivity contribution in [2.24, 2.45) is 0 Å². The number of nitrogens with zero attached hydrogens (tertiary/aromatic N) is 1. The Morgan fingerprint density at radius 1 is 1.45 bits per heavy atom. The molecule has 20 heavy (non-hydrogen) atoms. The van der Waals surface area contributed by atoms with Gasteiger partial charge in [-0.2, -0.15) is 17.0 Å². The van der Waals surface area contributed by atoms with E-state index in [2.05, 4.69) is 11.4 Å². The number of nitrogens with one attached hydrogen (secondary N) is 1. The molecule has 0 saturated carbocycles. The van der Waals surface area contributed by atoms with Crippen LogP contribution < -0.4 is 10.1 Å². The lowest BCUT2D eigenvalue weighted by atomic mass is 9.93. The van der Waals surface area contributed by atoms with Crippen molar-refractivity contribution in [3.8, 4) is 11.8 Å². The molecule has 0 radical (unpaired) electrons. The number of rotatable bonds is 4. The fourth-order valence-corrected chi connectivity index (χ4v) is 3.51. The number of ether oxygens (including phenoxy) is 1. The van der Waals surface area contributed by atoms with Gasteiger partial charge in [0.05, 0.1) is 19.6 Å². The van der Waals surface area contributed by atoms with Crippen molar-refractivity contribution < 1.29 is 9.53 Å². The first kappa shape index (κ1) is 14.7. The maximum absolute atomic E-state index is 12.2. The molecular weight excluding hydrogens is 272 g/mol. The van der Waals surface area contributed by atoms with Gasteiger partial charge in [-0.3, -0.25) is 4.79 Å². The summed E-state index contributed by atoms with van der Waals surface area (Å²) in [5.74, 6) is 2.42. The van der Waals surface area contributed by atoms with E-state index in [1.165, 1.54) is 0 Å². The van der Waals surface area contributed by atoms with Crippen LogP contribution in [0, 0.1) is 11.3 Å². The van der Waals surface area contributed by atoms with Gasteiger partial charge in [0.15, 0.2) is 0 Å². The van der Waals surface area contributed by atoms with Crippen LogP contribution >= 0.6 is 11.8 Å². The van der Waals surface area contributed by atoms with Crippen LogP contribution in [0.25, 0.3) is 0 Å². The van der Waals surface area contributed by atoms with Crippen LogP contribution in [-0.4, -0.2) is 30.1 Å². The van der Waals surface area contributed by atoms with Gasteiger partial charge in [0, 0.05) is 5.56 Å². The Bertz CT molecular complexity index is 519. The van der Waals surface area contributed by atoms with Gasteiger partial charge in [0.1, 0.15) is 11.3 Å². The third kappa shape index (κ3) is 3.45. The summed E-state index contributed by atoms with van der Waals surface area (Å²) in [4.78, 5) is 12.2. The number of para-hydroxylation sites is 1. The normalized spacial score (nSPS) is 17.0. The molecule has 1 aromatic carbocycles. The maximum atomic E-state index is 12.2. The highest BCUT2D eigenvalue weighted by atomic mass is 32.2. The Morgan fingerprint density at radius 2 is 2.15 bits per heavy atom. The molecule has 1 aromatic rings. The van der Waals surface area contributed by atoms with E-state index in [-0.39, 0.29) is 12.3 Å². The van der Waals surface area contributed by atoms with Crippen LogP contribution in [-0.2, 0) is 11.2 Å². The zero-order chi connectivity index (χ0) is 14.4. The van der Waals surface area contributed by atoms with Gasteiger partial charge < -0.3 is 10.1 Å². The Morgan fingerprint density at radius 3 is 2.80 bits per heavy atom. The molecule has 2 rings (SSSR count). The van der Waals surface area contributed by atoms with Gasteiger partial charge in [-0.25, -0.2) is 0 Å². The van der Waals surface area contributed by atoms with E-state index >= 15 is 0 Å². The molecule has 1 heterocycles. The summed E-state index contributed by atoms with van der Waals surface area (Å²) < 4.78 is 5.24. The van der Waals surface area contributed by atoms with Crippen LogP contribution in [0.3, 0.4) is 0 Å². The predicted octanol–water partition coefficient (Wildman–Crippen LogP) is 2.14. The van der Waals surface area contributed by atoms with E-state index in [4.69, 9.17) is 4.74 Å². The first-order valence-corrected chi connectivity index (χ1v) is 7.76. The number of hydrogen-bond donors (Lipinski definition) is 1. The molecule has 106 valence electrons. The van der Waals surface area contributed by atoms with E-state index in [1.54, 1.807) is 7.11 Å². The largest absolute Gasteiger partial charge is 0.496 e. The van der Waals surface area contributed by atoms with E-state index in [0.717, 1.165) is 17.1 Å². The Hall–Kier alpha value is -1.67. The minimum atomic E-state index is -0.690. The first-order chi connectivity index (χ1) is 9.69. The molecule has 0 bridgehead atoms. The molecule has 1 N–H and O–H groups in total. The fourth-order valence-electron chi connectivity index (χ4n) is 2.32. The molecule has 0 aliphatic carbocycles. The SMILES string of the molecule is COc1ccccc1CC(=O)NC1(C#N)CCSCC1. The minimum Gasteiger partial charge on any atom is -0.496 e. The van der Waals surface area contributed by atoms with Crippen molar-refractivity contribution in [2.75, 3.05) is 18.6 Å². The molecule has 1 fully saturated rings. The van der Waals surface area contributed by atoms with Crippen molar-refractivity contribution in [3.05, 3.63) is 29.8 Å². The lowest BCUT2D eigenvalue weighted by Gasteiger charge is -2.31. The quantitative estimate of drug-likeness (QED) is 0.923. The third-order valence-electron chi connectivity index (χ3n) is 3.48. The summed E-state index contributed by atoms with van der Waals surface area (Å²) in [6, 6.07) is 9.74. The maximum Gasteiger partial charge on any atom is 0.225 e. The predicted molar refractivity (Wildman–Crippen MR) is 79.7 cm³/mol. The molecule has 1 amide bonds. The smallest absolute Gasteiger partial charge is 0.225 e. The number of carbonyl (C=O) groups is 1. The second-order valence-electron chi connectivity index (χ2n) is 4.84. The topological polar surface area (TPSA) is 62.1 Å². The second kappa shape index (κ2) is 6.67. The lowest BCUT2D eigenvalue weighted by molar-refractivity contribution is -0.121. The monoisotopic (exact) mass is 290 g/mol. The summed E-state index contributed by atoms with van der Waals surface area (Å²) in [6.07, 6.45) is 1.66. The second-order valence-corrected chi connectivity index (χ2v) is 6.07. The standard InChI is InChI=1S/C15H18N2O2S/c1-19-13-5-3-2-4-12(13)10-14(18)17-15(11-16)6-8-20-9-7-15/h2-5H,6-10H2,1H3,(H,17,18). The van der Waals surface area contributed by atoms with E-state index in [9.17, 15) is 10.1 Å². The zero-order valence-corrected chi connectivity index (χ0v) is 12.3. The van der Waals surface area contributed by atoms with Crippen LogP contribution in [0.5, 0.6) is 5.75 Å². The number of amides is 1. The summed E-state index contributed by atoms with van der Waals surface area (Å²) in [7, 11) is 1.59. The van der Waals surface area contributed by atoms with Gasteiger partial charge in [-0.1, -0.05) is 18.2 Å². The van der Waals surface area contributed by atoms with Gasteiger partial charge in [-0.15, -0.1) is 0 Å². The van der Waals surface area contributed by atoms with Crippen LogP contribution in [0.1, 0.15) is 18.4 Å². The zero-order valence-electron chi connectivity index (χ0n) is 11.5. The van der Waals surface area contributed by atoms with Gasteiger partial charge in [-0.05, 0) is 30.4 Å². The average molecular weight is 290 g/mol. The minimum absolute atomic E-state index is 0.122. The van der Waals surface area contributed by atoms with Crippen LogP contribution in [0.15, 0.2) is 24.3 Å². The molecule has 1 saturated heterocycles. The molecule has 4 nitrogen and oxygen atoms in total. The highest BCUT2D eigenvalue weighted by molar-refractivity contribution is 7.99. The van der Waals surface area contributed by atoms with E-state index in [1.807, 2.05) is 36.0 Å². The number of thioether (sulfide) groups is 1. The van der Waals surface area contributed by atoms with E-state index < -0.39 is 5.54 Å². The van der Waals surface area contributed by atoms with Gasteiger partial charge >= 0.3 is 0 Å². The Labute approximate surface area is 123 Å². The van der Waals surface area contributed by atoms with Crippen molar-refractivity contribution >= 4 is 17.7 Å². The number of benzene rings is 1. The average Bonchev–Trinajstić information content (AvgIpc) is 2.48. The summed E-state index contributed by atoms with van der Waals surface area (Å²) >= 11 is 1.83. The number of nitriles is 1. The number of hydrogen-bond acceptors (Lipinski definition) is 4. The van der Waals surface area contributed by atoms with Crippen LogP contribution in [0.2, 0.25) is 0 Å². The highest BCUT2D eigenvalue weighted by Crippen LogP contribution is 2.27. The summed E-state index contributed by atoms with van der Waals surface area (Å²) in [5.41, 5.74) is 0.149. The van der Waals surface area contributed by atoms with Crippen molar-refractivity contribution in [1.29, 1.82) is 5.26 Å². The van der Waals surface area contributed by atoms with Crippen molar-refractivity contribution in [1.82, 2.24) is 5.32 Å². The number of carbonyl (C=O) groups excluding carboxylic acids is 1. The van der Waals surface area contributed by atoms with E-state index in [0.29, 0.717) is 18.6 Å². The third-order valence-corrected chi connectivity index (χ3v) is 4.47. The summed E-state index contributed by atoms with van der Waals surface area (Å²) in [6.45, 7) is 0. The summed E-state index contributed by atoms with van der Waals surface area (Å²) in [5, 5.41) is 12.3.